The number of piperazine rings is 1. The van der Waals surface area contributed by atoms with Gasteiger partial charge in [-0.3, -0.25) is 9.80 Å². The Morgan fingerprint density at radius 2 is 1.56 bits per heavy atom. The summed E-state index contributed by atoms with van der Waals surface area (Å²) in [6, 6.07) is 12.0. The number of ether oxygens (including phenoxy) is 2. The molecule has 0 radical (unpaired) electrons. The SMILES string of the molecule is Clc1cccc(CN2CCN(Cc3ccc4c(c3)OCO4)CC2)c1Cl. The van der Waals surface area contributed by atoms with Crippen LogP contribution in [0.2, 0.25) is 10.0 Å². The van der Waals surface area contributed by atoms with Crippen LogP contribution in [-0.2, 0) is 13.1 Å². The smallest absolute Gasteiger partial charge is 0.231 e. The second-order valence-corrected chi connectivity index (χ2v) is 7.24. The van der Waals surface area contributed by atoms with Crippen molar-refractivity contribution in [2.45, 2.75) is 13.1 Å². The first-order valence-corrected chi connectivity index (χ1v) is 9.21. The maximum absolute atomic E-state index is 6.30. The highest BCUT2D eigenvalue weighted by Crippen LogP contribution is 2.33. The van der Waals surface area contributed by atoms with Crippen LogP contribution in [0.5, 0.6) is 11.5 Å². The Morgan fingerprint density at radius 3 is 2.36 bits per heavy atom. The second-order valence-electron chi connectivity index (χ2n) is 6.45. The molecule has 4 nitrogen and oxygen atoms in total. The lowest BCUT2D eigenvalue weighted by Gasteiger charge is -2.35. The van der Waals surface area contributed by atoms with Gasteiger partial charge >= 0.3 is 0 Å². The average molecular weight is 379 g/mol. The van der Waals surface area contributed by atoms with Crippen molar-refractivity contribution in [3.63, 3.8) is 0 Å². The zero-order chi connectivity index (χ0) is 17.2. The minimum Gasteiger partial charge on any atom is -0.454 e. The van der Waals surface area contributed by atoms with Gasteiger partial charge in [-0.05, 0) is 29.3 Å². The van der Waals surface area contributed by atoms with Gasteiger partial charge in [0.15, 0.2) is 11.5 Å². The van der Waals surface area contributed by atoms with E-state index in [9.17, 15) is 0 Å². The predicted octanol–water partition coefficient (Wildman–Crippen LogP) is 4.04. The molecule has 0 unspecified atom stereocenters. The Balaban J connectivity index is 1.32. The van der Waals surface area contributed by atoms with E-state index in [4.69, 9.17) is 32.7 Å². The normalized spacial score (nSPS) is 17.8. The Hall–Kier alpha value is -1.46. The molecule has 2 aromatic carbocycles. The molecule has 0 atom stereocenters. The van der Waals surface area contributed by atoms with Crippen molar-refractivity contribution in [3.05, 3.63) is 57.6 Å². The lowest BCUT2D eigenvalue weighted by Crippen LogP contribution is -2.45. The van der Waals surface area contributed by atoms with Gasteiger partial charge in [0, 0.05) is 39.3 Å². The van der Waals surface area contributed by atoms with E-state index in [0.29, 0.717) is 16.8 Å². The standard InChI is InChI=1S/C19H20Cl2N2O2/c20-16-3-1-2-15(19(16)21)12-23-8-6-22(7-9-23)11-14-4-5-17-18(10-14)25-13-24-17/h1-5,10H,6-9,11-13H2. The van der Waals surface area contributed by atoms with Gasteiger partial charge < -0.3 is 9.47 Å². The lowest BCUT2D eigenvalue weighted by molar-refractivity contribution is 0.122. The van der Waals surface area contributed by atoms with Gasteiger partial charge in [-0.25, -0.2) is 0 Å². The summed E-state index contributed by atoms with van der Waals surface area (Å²) in [4.78, 5) is 4.89. The Labute approximate surface area is 157 Å². The molecule has 0 N–H and O–H groups in total. The van der Waals surface area contributed by atoms with Crippen LogP contribution in [0.25, 0.3) is 0 Å². The summed E-state index contributed by atoms with van der Waals surface area (Å²) in [5, 5.41) is 1.30. The Bertz CT molecular complexity index is 761. The number of halogens is 2. The molecule has 4 rings (SSSR count). The number of hydrogen-bond donors (Lipinski definition) is 0. The van der Waals surface area contributed by atoms with Gasteiger partial charge in [0.05, 0.1) is 10.0 Å². The number of nitrogens with zero attached hydrogens (tertiary/aromatic N) is 2. The quantitative estimate of drug-likeness (QED) is 0.801. The molecule has 1 saturated heterocycles. The summed E-state index contributed by atoms with van der Waals surface area (Å²) in [5.74, 6) is 1.69. The molecule has 25 heavy (non-hydrogen) atoms. The molecule has 2 aliphatic rings. The third-order valence-electron chi connectivity index (χ3n) is 4.73. The van der Waals surface area contributed by atoms with E-state index in [2.05, 4.69) is 21.9 Å². The minimum atomic E-state index is 0.323. The van der Waals surface area contributed by atoms with E-state index < -0.39 is 0 Å². The van der Waals surface area contributed by atoms with E-state index >= 15 is 0 Å². The minimum absolute atomic E-state index is 0.323. The van der Waals surface area contributed by atoms with E-state index in [-0.39, 0.29) is 0 Å². The monoisotopic (exact) mass is 378 g/mol. The zero-order valence-corrected chi connectivity index (χ0v) is 15.4. The maximum atomic E-state index is 6.30. The summed E-state index contributed by atoms with van der Waals surface area (Å²) >= 11 is 12.4. The van der Waals surface area contributed by atoms with Crippen LogP contribution >= 0.6 is 23.2 Å². The first-order chi connectivity index (χ1) is 12.2. The van der Waals surface area contributed by atoms with Crippen LogP contribution in [0, 0.1) is 0 Å². The molecule has 132 valence electrons. The van der Waals surface area contributed by atoms with Crippen LogP contribution < -0.4 is 9.47 Å². The number of rotatable bonds is 4. The second kappa shape index (κ2) is 7.42. The highest BCUT2D eigenvalue weighted by atomic mass is 35.5. The lowest BCUT2D eigenvalue weighted by atomic mass is 10.1. The topological polar surface area (TPSA) is 24.9 Å². The summed E-state index contributed by atoms with van der Waals surface area (Å²) in [6.07, 6.45) is 0. The zero-order valence-electron chi connectivity index (χ0n) is 13.9. The van der Waals surface area contributed by atoms with Gasteiger partial charge in [0.2, 0.25) is 6.79 Å². The third kappa shape index (κ3) is 3.87. The van der Waals surface area contributed by atoms with Gasteiger partial charge in [0.1, 0.15) is 0 Å². The van der Waals surface area contributed by atoms with Crippen LogP contribution in [0.15, 0.2) is 36.4 Å². The van der Waals surface area contributed by atoms with Gasteiger partial charge in [-0.1, -0.05) is 41.4 Å². The highest BCUT2D eigenvalue weighted by molar-refractivity contribution is 6.42. The van der Waals surface area contributed by atoms with Crippen molar-refractivity contribution in [2.24, 2.45) is 0 Å². The Kier molecular flexibility index (Phi) is 5.04. The number of fused-ring (bicyclic) bond motifs is 1. The summed E-state index contributed by atoms with van der Waals surface area (Å²) < 4.78 is 10.8. The molecule has 2 aromatic rings. The number of benzene rings is 2. The van der Waals surface area contributed by atoms with E-state index in [1.54, 1.807) is 0 Å². The fourth-order valence-corrected chi connectivity index (χ4v) is 3.69. The van der Waals surface area contributed by atoms with Gasteiger partial charge in [0.25, 0.3) is 0 Å². The van der Waals surface area contributed by atoms with Crippen LogP contribution in [0.3, 0.4) is 0 Å². The summed E-state index contributed by atoms with van der Waals surface area (Å²) in [5.41, 5.74) is 2.36. The van der Waals surface area contributed by atoms with E-state index in [1.165, 1.54) is 5.56 Å². The van der Waals surface area contributed by atoms with E-state index in [1.807, 2.05) is 24.3 Å². The average Bonchev–Trinajstić information content (AvgIpc) is 3.08. The van der Waals surface area contributed by atoms with Crippen LogP contribution in [0.1, 0.15) is 11.1 Å². The number of hydrogen-bond acceptors (Lipinski definition) is 4. The molecule has 1 fully saturated rings. The van der Waals surface area contributed by atoms with Crippen molar-refractivity contribution >= 4 is 23.2 Å². The van der Waals surface area contributed by atoms with E-state index in [0.717, 1.165) is 56.3 Å². The summed E-state index contributed by atoms with van der Waals surface area (Å²) in [6.45, 7) is 6.21. The molecule has 6 heteroatoms. The van der Waals surface area contributed by atoms with Crippen LogP contribution in [0.4, 0.5) is 0 Å². The molecule has 0 amide bonds. The molecule has 0 aliphatic carbocycles. The van der Waals surface area contributed by atoms with Crippen molar-refractivity contribution < 1.29 is 9.47 Å². The first kappa shape index (κ1) is 17.0. The maximum Gasteiger partial charge on any atom is 0.231 e. The third-order valence-corrected chi connectivity index (χ3v) is 5.59. The fraction of sp³-hybridized carbons (Fsp3) is 0.368. The molecule has 0 spiro atoms. The molecule has 0 saturated carbocycles. The fourth-order valence-electron chi connectivity index (χ4n) is 3.31. The van der Waals surface area contributed by atoms with Gasteiger partial charge in [-0.15, -0.1) is 0 Å². The van der Waals surface area contributed by atoms with Crippen LogP contribution in [-0.4, -0.2) is 42.8 Å². The van der Waals surface area contributed by atoms with Crippen molar-refractivity contribution in [1.82, 2.24) is 9.80 Å². The largest absolute Gasteiger partial charge is 0.454 e. The van der Waals surface area contributed by atoms with Gasteiger partial charge in [-0.2, -0.15) is 0 Å². The van der Waals surface area contributed by atoms with Crippen molar-refractivity contribution in [3.8, 4) is 11.5 Å². The predicted molar refractivity (Wildman–Crippen MR) is 99.6 cm³/mol. The van der Waals surface area contributed by atoms with Crippen molar-refractivity contribution in [1.29, 1.82) is 0 Å². The van der Waals surface area contributed by atoms with Crippen molar-refractivity contribution in [2.75, 3.05) is 33.0 Å². The molecule has 2 aliphatic heterocycles. The molecular weight excluding hydrogens is 359 g/mol. The molecule has 2 heterocycles. The molecule has 0 aromatic heterocycles. The molecular formula is C19H20Cl2N2O2. The Morgan fingerprint density at radius 1 is 0.840 bits per heavy atom. The highest BCUT2D eigenvalue weighted by Gasteiger charge is 2.20. The molecule has 0 bridgehead atoms. The summed E-state index contributed by atoms with van der Waals surface area (Å²) in [7, 11) is 0. The first-order valence-electron chi connectivity index (χ1n) is 8.45.